The van der Waals surface area contributed by atoms with Crippen LogP contribution in [0.5, 0.6) is 5.75 Å². The number of rotatable bonds is 9. The first-order chi connectivity index (χ1) is 10.5. The number of carboxylic acids is 1. The zero-order chi connectivity index (χ0) is 16.5. The van der Waals surface area contributed by atoms with Crippen LogP contribution in [0.3, 0.4) is 0 Å². The normalized spacial score (nSPS) is 13.2. The second-order valence-corrected chi connectivity index (χ2v) is 5.49. The molecule has 0 bridgehead atoms. The third-order valence-electron chi connectivity index (χ3n) is 3.70. The first-order valence-corrected chi connectivity index (χ1v) is 7.62. The predicted octanol–water partition coefficient (Wildman–Crippen LogP) is 2.49. The van der Waals surface area contributed by atoms with Crippen LogP contribution in [0.2, 0.25) is 0 Å². The van der Waals surface area contributed by atoms with Crippen molar-refractivity contribution in [2.45, 2.75) is 33.1 Å². The highest BCUT2D eigenvalue weighted by atomic mass is 16.5. The first kappa shape index (κ1) is 18.0. The topological polar surface area (TPSA) is 75.6 Å². The van der Waals surface area contributed by atoms with Crippen molar-refractivity contribution in [3.05, 3.63) is 29.8 Å². The average Bonchev–Trinajstić information content (AvgIpc) is 2.51. The van der Waals surface area contributed by atoms with Gasteiger partial charge in [0, 0.05) is 12.5 Å². The Morgan fingerprint density at radius 1 is 1.32 bits per heavy atom. The molecule has 0 fully saturated rings. The van der Waals surface area contributed by atoms with E-state index in [0.29, 0.717) is 12.2 Å². The molecule has 0 saturated carbocycles. The van der Waals surface area contributed by atoms with Crippen LogP contribution >= 0.6 is 0 Å². The smallest absolute Gasteiger partial charge is 0.308 e. The van der Waals surface area contributed by atoms with E-state index < -0.39 is 11.9 Å². The third kappa shape index (κ3) is 5.39. The minimum Gasteiger partial charge on any atom is -0.496 e. The van der Waals surface area contributed by atoms with Crippen molar-refractivity contribution >= 4 is 11.9 Å². The highest BCUT2D eigenvalue weighted by Crippen LogP contribution is 2.21. The maximum atomic E-state index is 11.9. The maximum Gasteiger partial charge on any atom is 0.308 e. The molecule has 2 atom stereocenters. The number of amides is 1. The van der Waals surface area contributed by atoms with E-state index in [1.807, 2.05) is 32.0 Å². The Kier molecular flexibility index (Phi) is 7.43. The minimum atomic E-state index is -0.922. The second-order valence-electron chi connectivity index (χ2n) is 5.49. The number of carbonyl (C=O) groups excluding carboxylic acids is 1. The standard InChI is InChI=1S/C17H25NO4/c1-4-7-12(2)16(19)18-11-14(17(20)21)10-13-8-5-6-9-15(13)22-3/h5-6,8-9,12,14H,4,7,10-11H2,1-3H3,(H,18,19)(H,20,21)/t12-,14+/m0/s1. The summed E-state index contributed by atoms with van der Waals surface area (Å²) in [5.41, 5.74) is 0.827. The molecule has 5 heteroatoms. The summed E-state index contributed by atoms with van der Waals surface area (Å²) >= 11 is 0. The van der Waals surface area contributed by atoms with Crippen molar-refractivity contribution in [1.82, 2.24) is 5.32 Å². The van der Waals surface area contributed by atoms with E-state index in [1.165, 1.54) is 0 Å². The third-order valence-corrected chi connectivity index (χ3v) is 3.70. The van der Waals surface area contributed by atoms with Gasteiger partial charge < -0.3 is 15.2 Å². The van der Waals surface area contributed by atoms with Gasteiger partial charge in [-0.1, -0.05) is 38.5 Å². The van der Waals surface area contributed by atoms with Crippen molar-refractivity contribution in [2.75, 3.05) is 13.7 Å². The van der Waals surface area contributed by atoms with Gasteiger partial charge in [-0.05, 0) is 24.5 Å². The van der Waals surface area contributed by atoms with Crippen molar-refractivity contribution in [3.8, 4) is 5.75 Å². The Hall–Kier alpha value is -2.04. The molecule has 0 aliphatic rings. The number of carboxylic acid groups (broad SMARTS) is 1. The fraction of sp³-hybridized carbons (Fsp3) is 0.529. The molecule has 5 nitrogen and oxygen atoms in total. The Morgan fingerprint density at radius 3 is 2.59 bits per heavy atom. The van der Waals surface area contributed by atoms with E-state index in [0.717, 1.165) is 18.4 Å². The van der Waals surface area contributed by atoms with Gasteiger partial charge in [-0.15, -0.1) is 0 Å². The van der Waals surface area contributed by atoms with E-state index in [-0.39, 0.29) is 18.4 Å². The van der Waals surface area contributed by atoms with Crippen LogP contribution in [0.15, 0.2) is 24.3 Å². The summed E-state index contributed by atoms with van der Waals surface area (Å²) in [6.07, 6.45) is 2.05. The Labute approximate surface area is 131 Å². The van der Waals surface area contributed by atoms with Crippen molar-refractivity contribution in [1.29, 1.82) is 0 Å². The molecular weight excluding hydrogens is 282 g/mol. The summed E-state index contributed by atoms with van der Waals surface area (Å²) in [4.78, 5) is 23.3. The fourth-order valence-corrected chi connectivity index (χ4v) is 2.35. The zero-order valence-corrected chi connectivity index (χ0v) is 13.5. The molecule has 0 aliphatic heterocycles. The molecule has 0 spiro atoms. The van der Waals surface area contributed by atoms with Gasteiger partial charge >= 0.3 is 5.97 Å². The summed E-state index contributed by atoms with van der Waals surface area (Å²) in [7, 11) is 1.56. The summed E-state index contributed by atoms with van der Waals surface area (Å²) in [5.74, 6) is -1.11. The molecule has 0 aliphatic carbocycles. The van der Waals surface area contributed by atoms with Gasteiger partial charge in [0.05, 0.1) is 13.0 Å². The van der Waals surface area contributed by atoms with Crippen LogP contribution in [0.25, 0.3) is 0 Å². The number of carbonyl (C=O) groups is 2. The molecule has 0 saturated heterocycles. The lowest BCUT2D eigenvalue weighted by Crippen LogP contribution is -2.36. The van der Waals surface area contributed by atoms with Crippen LogP contribution < -0.4 is 10.1 Å². The summed E-state index contributed by atoms with van der Waals surface area (Å²) in [6.45, 7) is 4.00. The van der Waals surface area contributed by atoms with Crippen LogP contribution in [0, 0.1) is 11.8 Å². The van der Waals surface area contributed by atoms with E-state index >= 15 is 0 Å². The highest BCUT2D eigenvalue weighted by Gasteiger charge is 2.21. The SMILES string of the molecule is CCC[C@H](C)C(=O)NC[C@@H](Cc1ccccc1OC)C(=O)O. The monoisotopic (exact) mass is 307 g/mol. The molecule has 0 heterocycles. The summed E-state index contributed by atoms with van der Waals surface area (Å²) in [6, 6.07) is 7.33. The van der Waals surface area contributed by atoms with Crippen LogP contribution in [0.1, 0.15) is 32.3 Å². The van der Waals surface area contributed by atoms with Crippen molar-refractivity contribution in [3.63, 3.8) is 0 Å². The van der Waals surface area contributed by atoms with Gasteiger partial charge in [-0.3, -0.25) is 9.59 Å². The number of para-hydroxylation sites is 1. The Balaban J connectivity index is 2.67. The van der Waals surface area contributed by atoms with E-state index in [9.17, 15) is 14.7 Å². The number of hydrogen-bond acceptors (Lipinski definition) is 3. The first-order valence-electron chi connectivity index (χ1n) is 7.62. The largest absolute Gasteiger partial charge is 0.496 e. The fourth-order valence-electron chi connectivity index (χ4n) is 2.35. The molecular formula is C17H25NO4. The van der Waals surface area contributed by atoms with Gasteiger partial charge in [0.2, 0.25) is 5.91 Å². The molecule has 1 amide bonds. The number of nitrogens with one attached hydrogen (secondary N) is 1. The van der Waals surface area contributed by atoms with E-state index in [1.54, 1.807) is 13.2 Å². The molecule has 122 valence electrons. The van der Waals surface area contributed by atoms with E-state index in [4.69, 9.17) is 4.74 Å². The lowest BCUT2D eigenvalue weighted by molar-refractivity contribution is -0.141. The van der Waals surface area contributed by atoms with Gasteiger partial charge in [-0.2, -0.15) is 0 Å². The Morgan fingerprint density at radius 2 is 2.00 bits per heavy atom. The molecule has 1 aromatic carbocycles. The Bertz CT molecular complexity index is 501. The predicted molar refractivity (Wildman–Crippen MR) is 84.9 cm³/mol. The minimum absolute atomic E-state index is 0.0897. The maximum absolute atomic E-state index is 11.9. The lowest BCUT2D eigenvalue weighted by atomic mass is 9.98. The lowest BCUT2D eigenvalue weighted by Gasteiger charge is -2.17. The van der Waals surface area contributed by atoms with Gasteiger partial charge in [0.15, 0.2) is 0 Å². The van der Waals surface area contributed by atoms with Crippen LogP contribution in [0.4, 0.5) is 0 Å². The number of aliphatic carboxylic acids is 1. The number of hydrogen-bond donors (Lipinski definition) is 2. The summed E-state index contributed by atoms with van der Waals surface area (Å²) < 4.78 is 5.24. The molecule has 22 heavy (non-hydrogen) atoms. The van der Waals surface area contributed by atoms with Crippen LogP contribution in [-0.4, -0.2) is 30.6 Å². The quantitative estimate of drug-likeness (QED) is 0.735. The molecule has 0 radical (unpaired) electrons. The van der Waals surface area contributed by atoms with E-state index in [2.05, 4.69) is 5.32 Å². The molecule has 0 unspecified atom stereocenters. The van der Waals surface area contributed by atoms with Gasteiger partial charge in [-0.25, -0.2) is 0 Å². The summed E-state index contributed by atoms with van der Waals surface area (Å²) in [5, 5.41) is 12.1. The average molecular weight is 307 g/mol. The molecule has 1 aromatic rings. The van der Waals surface area contributed by atoms with Crippen molar-refractivity contribution < 1.29 is 19.4 Å². The molecule has 2 N–H and O–H groups in total. The highest BCUT2D eigenvalue weighted by molar-refractivity contribution is 5.79. The number of benzene rings is 1. The zero-order valence-electron chi connectivity index (χ0n) is 13.5. The molecule has 1 rings (SSSR count). The molecule has 0 aromatic heterocycles. The van der Waals surface area contributed by atoms with Crippen LogP contribution in [-0.2, 0) is 16.0 Å². The van der Waals surface area contributed by atoms with Crippen molar-refractivity contribution in [2.24, 2.45) is 11.8 Å². The van der Waals surface area contributed by atoms with Gasteiger partial charge in [0.1, 0.15) is 5.75 Å². The second kappa shape index (κ2) is 9.07. The number of ether oxygens (including phenoxy) is 1. The number of methoxy groups -OCH3 is 1. The van der Waals surface area contributed by atoms with Gasteiger partial charge in [0.25, 0.3) is 0 Å².